The topological polar surface area (TPSA) is 17.1 Å². The van der Waals surface area contributed by atoms with Gasteiger partial charge in [-0.15, -0.1) is 0 Å². The van der Waals surface area contributed by atoms with Crippen molar-refractivity contribution in [3.63, 3.8) is 0 Å². The minimum Gasteiger partial charge on any atom is -0.296 e. The molecule has 1 aromatic rings. The van der Waals surface area contributed by atoms with E-state index in [0.717, 1.165) is 0 Å². The average Bonchev–Trinajstić information content (AvgIpc) is 2.19. The first-order valence-corrected chi connectivity index (χ1v) is 4.14. The maximum Gasteiger partial charge on any atom is 0.321 e. The van der Waals surface area contributed by atoms with Crippen molar-refractivity contribution in [2.24, 2.45) is 0 Å². The van der Waals surface area contributed by atoms with Crippen molar-refractivity contribution < 1.29 is 13.6 Å². The zero-order valence-electron chi connectivity index (χ0n) is 7.71. The van der Waals surface area contributed by atoms with Gasteiger partial charge in [0.15, 0.2) is 6.29 Å². The molecule has 0 aliphatic rings. The van der Waals surface area contributed by atoms with E-state index in [1.807, 2.05) is 0 Å². The summed E-state index contributed by atoms with van der Waals surface area (Å²) in [5, 5.41) is 0. The van der Waals surface area contributed by atoms with E-state index < -0.39 is 5.92 Å². The molecule has 3 heteroatoms. The van der Waals surface area contributed by atoms with Crippen LogP contribution in [0.1, 0.15) is 12.5 Å². The Kier molecular flexibility index (Phi) is 3.12. The number of alkyl halides is 2. The number of halogens is 2. The molecular formula is C11H10F2O. The van der Waals surface area contributed by atoms with Gasteiger partial charge in [-0.1, -0.05) is 30.3 Å². The van der Waals surface area contributed by atoms with Crippen LogP contribution in [0.3, 0.4) is 0 Å². The zero-order valence-corrected chi connectivity index (χ0v) is 7.71. The molecule has 1 nitrogen and oxygen atoms in total. The van der Waals surface area contributed by atoms with Gasteiger partial charge in [-0.2, -0.15) is 8.78 Å². The molecule has 0 aliphatic carbocycles. The van der Waals surface area contributed by atoms with Crippen LogP contribution < -0.4 is 0 Å². The van der Waals surface area contributed by atoms with E-state index >= 15 is 0 Å². The molecular weight excluding hydrogens is 186 g/mol. The first kappa shape index (κ1) is 10.6. The number of hydrogen-bond acceptors (Lipinski definition) is 1. The number of benzene rings is 1. The second-order valence-corrected chi connectivity index (χ2v) is 2.99. The first-order chi connectivity index (χ1) is 6.55. The van der Waals surface area contributed by atoms with Crippen LogP contribution in [-0.4, -0.2) is 12.2 Å². The van der Waals surface area contributed by atoms with Gasteiger partial charge in [-0.25, -0.2) is 0 Å². The molecule has 74 valence electrons. The predicted octanol–water partition coefficient (Wildman–Crippen LogP) is 2.92. The van der Waals surface area contributed by atoms with Gasteiger partial charge >= 0.3 is 5.92 Å². The number of rotatable bonds is 3. The molecule has 0 fully saturated rings. The molecule has 0 aliphatic heterocycles. The van der Waals surface area contributed by atoms with Crippen LogP contribution in [0.2, 0.25) is 0 Å². The van der Waals surface area contributed by atoms with Gasteiger partial charge in [0, 0.05) is 0 Å². The normalized spacial score (nSPS) is 12.6. The second kappa shape index (κ2) is 4.13. The number of aldehydes is 1. The van der Waals surface area contributed by atoms with Crippen LogP contribution in [0, 0.1) is 0 Å². The molecule has 0 aromatic heterocycles. The lowest BCUT2D eigenvalue weighted by atomic mass is 10.1. The summed E-state index contributed by atoms with van der Waals surface area (Å²) in [5.74, 6) is -3.38. The Morgan fingerprint density at radius 3 is 2.36 bits per heavy atom. The largest absolute Gasteiger partial charge is 0.321 e. The van der Waals surface area contributed by atoms with Crippen LogP contribution in [0.5, 0.6) is 0 Å². The predicted molar refractivity (Wildman–Crippen MR) is 51.1 cm³/mol. The minimum absolute atomic E-state index is 0.362. The van der Waals surface area contributed by atoms with Gasteiger partial charge in [0.05, 0.1) is 0 Å². The highest BCUT2D eigenvalue weighted by Gasteiger charge is 2.24. The molecule has 1 aromatic carbocycles. The Morgan fingerprint density at radius 1 is 1.29 bits per heavy atom. The molecule has 0 heterocycles. The van der Waals surface area contributed by atoms with Crippen molar-refractivity contribution in [1.29, 1.82) is 0 Å². The van der Waals surface area contributed by atoms with Crippen LogP contribution in [0.15, 0.2) is 36.4 Å². The Labute approximate surface area is 81.1 Å². The monoisotopic (exact) mass is 196 g/mol. The standard InChI is InChI=1S/C11H10F2O/c1-9(7-11(12,13)8-14)10-5-3-2-4-6-10/h2-8H,1H3/b9-7+. The minimum atomic E-state index is -3.38. The summed E-state index contributed by atoms with van der Waals surface area (Å²) in [4.78, 5) is 10.00. The molecule has 1 rings (SSSR count). The third kappa shape index (κ3) is 2.76. The Balaban J connectivity index is 2.96. The van der Waals surface area contributed by atoms with E-state index in [4.69, 9.17) is 0 Å². The summed E-state index contributed by atoms with van der Waals surface area (Å²) in [7, 11) is 0. The summed E-state index contributed by atoms with van der Waals surface area (Å²) in [6.07, 6.45) is 0.300. The number of hydrogen-bond donors (Lipinski definition) is 0. The second-order valence-electron chi connectivity index (χ2n) is 2.99. The van der Waals surface area contributed by atoms with Crippen molar-refractivity contribution in [3.8, 4) is 0 Å². The summed E-state index contributed by atoms with van der Waals surface area (Å²) >= 11 is 0. The van der Waals surface area contributed by atoms with Crippen LogP contribution in [0.4, 0.5) is 8.78 Å². The maximum absolute atomic E-state index is 12.6. The highest BCUT2D eigenvalue weighted by Crippen LogP contribution is 2.20. The Bertz CT molecular complexity index is 342. The van der Waals surface area contributed by atoms with E-state index in [-0.39, 0.29) is 6.29 Å². The first-order valence-electron chi connectivity index (χ1n) is 4.14. The third-order valence-corrected chi connectivity index (χ3v) is 1.80. The fourth-order valence-electron chi connectivity index (χ4n) is 1.11. The van der Waals surface area contributed by atoms with E-state index in [1.54, 1.807) is 37.3 Å². The lowest BCUT2D eigenvalue weighted by molar-refractivity contribution is -0.123. The Hall–Kier alpha value is -1.51. The summed E-state index contributed by atoms with van der Waals surface area (Å²) in [5.41, 5.74) is 1.08. The highest BCUT2D eigenvalue weighted by atomic mass is 19.3. The molecule has 0 spiro atoms. The molecule has 14 heavy (non-hydrogen) atoms. The van der Waals surface area contributed by atoms with Crippen LogP contribution in [-0.2, 0) is 4.79 Å². The summed E-state index contributed by atoms with van der Waals surface area (Å²) < 4.78 is 25.3. The highest BCUT2D eigenvalue weighted by molar-refractivity contribution is 5.72. The zero-order chi connectivity index (χ0) is 10.6. The third-order valence-electron chi connectivity index (χ3n) is 1.80. The van der Waals surface area contributed by atoms with E-state index in [1.165, 1.54) is 0 Å². The Morgan fingerprint density at radius 2 is 1.86 bits per heavy atom. The van der Waals surface area contributed by atoms with Gasteiger partial charge in [0.1, 0.15) is 0 Å². The van der Waals surface area contributed by atoms with Gasteiger partial charge < -0.3 is 0 Å². The molecule has 0 atom stereocenters. The molecule has 0 amide bonds. The number of carbonyl (C=O) groups is 1. The van der Waals surface area contributed by atoms with E-state index in [2.05, 4.69) is 0 Å². The van der Waals surface area contributed by atoms with Gasteiger partial charge in [0.25, 0.3) is 0 Å². The lowest BCUT2D eigenvalue weighted by Crippen LogP contribution is -2.13. The van der Waals surface area contributed by atoms with Crippen molar-refractivity contribution in [3.05, 3.63) is 42.0 Å². The van der Waals surface area contributed by atoms with Crippen LogP contribution in [0.25, 0.3) is 5.57 Å². The van der Waals surface area contributed by atoms with Crippen molar-refractivity contribution in [2.45, 2.75) is 12.8 Å². The van der Waals surface area contributed by atoms with Crippen molar-refractivity contribution in [2.75, 3.05) is 0 Å². The molecule has 0 saturated heterocycles. The van der Waals surface area contributed by atoms with Crippen LogP contribution >= 0.6 is 0 Å². The smallest absolute Gasteiger partial charge is 0.296 e. The molecule has 0 bridgehead atoms. The quantitative estimate of drug-likeness (QED) is 0.679. The summed E-state index contributed by atoms with van der Waals surface area (Å²) in [6.45, 7) is 1.55. The maximum atomic E-state index is 12.6. The van der Waals surface area contributed by atoms with Crippen molar-refractivity contribution >= 4 is 11.9 Å². The molecule has 0 N–H and O–H groups in total. The summed E-state index contributed by atoms with van der Waals surface area (Å²) in [6, 6.07) is 8.74. The van der Waals surface area contributed by atoms with Gasteiger partial charge in [0.2, 0.25) is 0 Å². The van der Waals surface area contributed by atoms with E-state index in [0.29, 0.717) is 17.2 Å². The number of allylic oxidation sites excluding steroid dienone is 2. The van der Waals surface area contributed by atoms with E-state index in [9.17, 15) is 13.6 Å². The van der Waals surface area contributed by atoms with Gasteiger partial charge in [-0.05, 0) is 24.1 Å². The fourth-order valence-corrected chi connectivity index (χ4v) is 1.11. The fraction of sp³-hybridized carbons (Fsp3) is 0.182. The van der Waals surface area contributed by atoms with Gasteiger partial charge in [-0.3, -0.25) is 4.79 Å². The SMILES string of the molecule is C/C(=C\C(F)(F)C=O)c1ccccc1. The molecule has 0 saturated carbocycles. The van der Waals surface area contributed by atoms with Crippen molar-refractivity contribution in [1.82, 2.24) is 0 Å². The number of carbonyl (C=O) groups excluding carboxylic acids is 1. The molecule has 0 radical (unpaired) electrons. The molecule has 0 unspecified atom stereocenters. The lowest BCUT2D eigenvalue weighted by Gasteiger charge is -2.05. The average molecular weight is 196 g/mol.